The summed E-state index contributed by atoms with van der Waals surface area (Å²) < 4.78 is 11.7. The molecule has 3 nitrogen and oxygen atoms in total. The molecule has 0 aromatic carbocycles. The largest absolute Gasteiger partial charge is 0.378 e. The molecular weight excluding hydrogens is 270 g/mol. The first-order valence-electron chi connectivity index (χ1n) is 8.32. The maximum atomic E-state index is 6.08. The van der Waals surface area contributed by atoms with E-state index in [0.29, 0.717) is 6.04 Å². The van der Waals surface area contributed by atoms with Crippen LogP contribution in [0.1, 0.15) is 46.0 Å². The van der Waals surface area contributed by atoms with Gasteiger partial charge >= 0.3 is 0 Å². The Balaban J connectivity index is 1.88. The van der Waals surface area contributed by atoms with Crippen LogP contribution in [0.3, 0.4) is 0 Å². The summed E-state index contributed by atoms with van der Waals surface area (Å²) in [5.74, 6) is 3.28. The molecule has 3 atom stereocenters. The first-order chi connectivity index (χ1) is 9.79. The van der Waals surface area contributed by atoms with E-state index >= 15 is 0 Å². The molecule has 2 fully saturated rings. The second kappa shape index (κ2) is 8.62. The van der Waals surface area contributed by atoms with Crippen LogP contribution in [0, 0.1) is 5.92 Å². The highest BCUT2D eigenvalue weighted by Gasteiger charge is 2.42. The minimum Gasteiger partial charge on any atom is -0.378 e. The summed E-state index contributed by atoms with van der Waals surface area (Å²) >= 11 is 2.10. The normalized spacial score (nSPS) is 31.8. The summed E-state index contributed by atoms with van der Waals surface area (Å²) in [7, 11) is 0. The average Bonchev–Trinajstić information content (AvgIpc) is 2.90. The average molecular weight is 301 g/mol. The SMILES string of the molecule is CCCNC(CSCCC)C1CCOC2(CCOC2)C1. The molecule has 2 aliphatic rings. The fraction of sp³-hybridized carbons (Fsp3) is 1.00. The number of rotatable bonds is 8. The molecule has 20 heavy (non-hydrogen) atoms. The molecule has 1 spiro atoms. The van der Waals surface area contributed by atoms with Gasteiger partial charge in [-0.3, -0.25) is 0 Å². The zero-order valence-corrected chi connectivity index (χ0v) is 14.0. The van der Waals surface area contributed by atoms with Gasteiger partial charge in [0.1, 0.15) is 0 Å². The summed E-state index contributed by atoms with van der Waals surface area (Å²) in [5, 5.41) is 3.79. The van der Waals surface area contributed by atoms with Crippen molar-refractivity contribution in [3.63, 3.8) is 0 Å². The molecule has 2 rings (SSSR count). The van der Waals surface area contributed by atoms with E-state index in [1.807, 2.05) is 0 Å². The molecule has 3 unspecified atom stereocenters. The molecule has 0 aromatic heterocycles. The van der Waals surface area contributed by atoms with Crippen LogP contribution in [0.25, 0.3) is 0 Å². The quantitative estimate of drug-likeness (QED) is 0.698. The Bertz CT molecular complexity index is 269. The highest BCUT2D eigenvalue weighted by Crippen LogP contribution is 2.37. The Labute approximate surface area is 128 Å². The Hall–Kier alpha value is 0.230. The maximum Gasteiger partial charge on any atom is 0.0939 e. The fourth-order valence-electron chi connectivity index (χ4n) is 3.32. The Morgan fingerprint density at radius 3 is 2.90 bits per heavy atom. The number of hydrogen-bond donors (Lipinski definition) is 1. The second-order valence-corrected chi connectivity index (χ2v) is 7.37. The highest BCUT2D eigenvalue weighted by atomic mass is 32.2. The van der Waals surface area contributed by atoms with E-state index in [1.54, 1.807) is 0 Å². The molecule has 1 N–H and O–H groups in total. The summed E-state index contributed by atoms with van der Waals surface area (Å²) in [4.78, 5) is 0. The van der Waals surface area contributed by atoms with Crippen LogP contribution in [0.4, 0.5) is 0 Å². The van der Waals surface area contributed by atoms with Gasteiger partial charge in [0.05, 0.1) is 12.2 Å². The van der Waals surface area contributed by atoms with E-state index in [0.717, 1.165) is 38.7 Å². The van der Waals surface area contributed by atoms with Crippen molar-refractivity contribution < 1.29 is 9.47 Å². The summed E-state index contributed by atoms with van der Waals surface area (Å²) in [6.07, 6.45) is 5.96. The molecule has 2 heterocycles. The van der Waals surface area contributed by atoms with Crippen molar-refractivity contribution in [2.45, 2.75) is 57.6 Å². The smallest absolute Gasteiger partial charge is 0.0939 e. The highest BCUT2D eigenvalue weighted by molar-refractivity contribution is 7.99. The molecule has 0 radical (unpaired) electrons. The molecular formula is C16H31NO2S. The van der Waals surface area contributed by atoms with Gasteiger partial charge in [0.2, 0.25) is 0 Å². The van der Waals surface area contributed by atoms with Crippen LogP contribution in [-0.4, -0.2) is 49.5 Å². The lowest BCUT2D eigenvalue weighted by atomic mass is 9.81. The Morgan fingerprint density at radius 1 is 1.30 bits per heavy atom. The van der Waals surface area contributed by atoms with Gasteiger partial charge < -0.3 is 14.8 Å². The van der Waals surface area contributed by atoms with Crippen molar-refractivity contribution in [2.75, 3.05) is 37.9 Å². The summed E-state index contributed by atoms with van der Waals surface area (Å²) in [6.45, 7) is 8.26. The number of hydrogen-bond acceptors (Lipinski definition) is 4. The molecule has 4 heteroatoms. The van der Waals surface area contributed by atoms with Crippen LogP contribution < -0.4 is 5.32 Å². The number of ether oxygens (including phenoxy) is 2. The minimum absolute atomic E-state index is 0.0461. The van der Waals surface area contributed by atoms with Gasteiger partial charge in [-0.2, -0.15) is 11.8 Å². The molecule has 0 bridgehead atoms. The van der Waals surface area contributed by atoms with Crippen molar-refractivity contribution in [2.24, 2.45) is 5.92 Å². The van der Waals surface area contributed by atoms with Gasteiger partial charge in [0, 0.05) is 31.4 Å². The van der Waals surface area contributed by atoms with Gasteiger partial charge in [-0.1, -0.05) is 13.8 Å². The standard InChI is InChI=1S/C16H31NO2S/c1-3-7-17-15(12-20-10-4-2)14-5-8-19-16(11-14)6-9-18-13-16/h14-15,17H,3-13H2,1-2H3. The lowest BCUT2D eigenvalue weighted by Gasteiger charge is -2.40. The first kappa shape index (κ1) is 16.6. The van der Waals surface area contributed by atoms with Gasteiger partial charge in [0.25, 0.3) is 0 Å². The van der Waals surface area contributed by atoms with Crippen molar-refractivity contribution in [3.8, 4) is 0 Å². The van der Waals surface area contributed by atoms with Gasteiger partial charge in [-0.15, -0.1) is 0 Å². The molecule has 118 valence electrons. The van der Waals surface area contributed by atoms with Crippen molar-refractivity contribution in [1.29, 1.82) is 0 Å². The van der Waals surface area contributed by atoms with Crippen molar-refractivity contribution in [3.05, 3.63) is 0 Å². The van der Waals surface area contributed by atoms with E-state index in [4.69, 9.17) is 9.47 Å². The van der Waals surface area contributed by atoms with E-state index in [1.165, 1.54) is 37.2 Å². The van der Waals surface area contributed by atoms with Gasteiger partial charge in [-0.05, 0) is 43.9 Å². The summed E-state index contributed by atoms with van der Waals surface area (Å²) in [5.41, 5.74) is 0.0461. The molecule has 0 aliphatic carbocycles. The number of nitrogens with one attached hydrogen (secondary N) is 1. The maximum absolute atomic E-state index is 6.08. The third-order valence-electron chi connectivity index (χ3n) is 4.47. The lowest BCUT2D eigenvalue weighted by Crippen LogP contribution is -2.48. The Kier molecular flexibility index (Phi) is 7.15. The van der Waals surface area contributed by atoms with Crippen molar-refractivity contribution >= 4 is 11.8 Å². The Morgan fingerprint density at radius 2 is 2.20 bits per heavy atom. The fourth-order valence-corrected chi connectivity index (χ4v) is 4.42. The molecule has 2 aliphatic heterocycles. The zero-order chi connectivity index (χ0) is 14.3. The van der Waals surface area contributed by atoms with Crippen LogP contribution >= 0.6 is 11.8 Å². The predicted octanol–water partition coefficient (Wildman–Crippen LogP) is 3.08. The summed E-state index contributed by atoms with van der Waals surface area (Å²) in [6, 6.07) is 0.646. The van der Waals surface area contributed by atoms with Gasteiger partial charge in [0.15, 0.2) is 0 Å². The molecule has 2 saturated heterocycles. The third kappa shape index (κ3) is 4.62. The topological polar surface area (TPSA) is 30.5 Å². The lowest BCUT2D eigenvalue weighted by molar-refractivity contribution is -0.102. The molecule has 0 aromatic rings. The zero-order valence-electron chi connectivity index (χ0n) is 13.2. The minimum atomic E-state index is 0.0461. The molecule has 0 saturated carbocycles. The predicted molar refractivity (Wildman–Crippen MR) is 86.5 cm³/mol. The van der Waals surface area contributed by atoms with Crippen LogP contribution in [-0.2, 0) is 9.47 Å². The van der Waals surface area contributed by atoms with E-state index < -0.39 is 0 Å². The van der Waals surface area contributed by atoms with E-state index in [-0.39, 0.29) is 5.60 Å². The van der Waals surface area contributed by atoms with Crippen LogP contribution in [0.2, 0.25) is 0 Å². The van der Waals surface area contributed by atoms with Crippen molar-refractivity contribution in [1.82, 2.24) is 5.32 Å². The second-order valence-electron chi connectivity index (χ2n) is 6.22. The van der Waals surface area contributed by atoms with Crippen LogP contribution in [0.5, 0.6) is 0 Å². The third-order valence-corrected chi connectivity index (χ3v) is 5.76. The number of thioether (sulfide) groups is 1. The van der Waals surface area contributed by atoms with Gasteiger partial charge in [-0.25, -0.2) is 0 Å². The van der Waals surface area contributed by atoms with E-state index in [2.05, 4.69) is 30.9 Å². The first-order valence-corrected chi connectivity index (χ1v) is 9.48. The van der Waals surface area contributed by atoms with Crippen LogP contribution in [0.15, 0.2) is 0 Å². The monoisotopic (exact) mass is 301 g/mol. The molecule has 0 amide bonds. The van der Waals surface area contributed by atoms with E-state index in [9.17, 15) is 0 Å².